The molecule has 1 aromatic rings. The summed E-state index contributed by atoms with van der Waals surface area (Å²) in [6.07, 6.45) is -0.841. The number of rotatable bonds is 5. The van der Waals surface area contributed by atoms with Crippen molar-refractivity contribution in [3.05, 3.63) is 35.4 Å². The van der Waals surface area contributed by atoms with Gasteiger partial charge in [0, 0.05) is 26.8 Å². The van der Waals surface area contributed by atoms with E-state index in [1.807, 2.05) is 0 Å². The SMILES string of the molecule is COCCC[C@@H]1CCCN(C(=O)c2ccccc2C(F)(F)F)C1. The zero-order chi connectivity index (χ0) is 16.9. The first kappa shape index (κ1) is 17.8. The molecule has 6 heteroatoms. The normalized spacial score (nSPS) is 19.0. The number of ether oxygens (including phenoxy) is 1. The van der Waals surface area contributed by atoms with E-state index in [2.05, 4.69) is 0 Å². The van der Waals surface area contributed by atoms with E-state index in [4.69, 9.17) is 4.74 Å². The van der Waals surface area contributed by atoms with E-state index in [0.29, 0.717) is 25.6 Å². The minimum Gasteiger partial charge on any atom is -0.385 e. The van der Waals surface area contributed by atoms with Crippen LogP contribution < -0.4 is 0 Å². The smallest absolute Gasteiger partial charge is 0.385 e. The summed E-state index contributed by atoms with van der Waals surface area (Å²) in [6.45, 7) is 1.71. The maximum Gasteiger partial charge on any atom is 0.417 e. The molecule has 0 aromatic heterocycles. The highest BCUT2D eigenvalue weighted by Crippen LogP contribution is 2.33. The molecule has 3 nitrogen and oxygen atoms in total. The van der Waals surface area contributed by atoms with E-state index >= 15 is 0 Å². The number of nitrogens with zero attached hydrogens (tertiary/aromatic N) is 1. The molecule has 0 bridgehead atoms. The summed E-state index contributed by atoms with van der Waals surface area (Å²) in [7, 11) is 1.64. The molecule has 0 radical (unpaired) electrons. The van der Waals surface area contributed by atoms with Crippen LogP contribution in [0.4, 0.5) is 13.2 Å². The van der Waals surface area contributed by atoms with Crippen molar-refractivity contribution >= 4 is 5.91 Å². The van der Waals surface area contributed by atoms with Crippen LogP contribution in [-0.4, -0.2) is 37.6 Å². The number of carbonyl (C=O) groups is 1. The van der Waals surface area contributed by atoms with Crippen LogP contribution in [0.25, 0.3) is 0 Å². The lowest BCUT2D eigenvalue weighted by Gasteiger charge is -2.33. The van der Waals surface area contributed by atoms with Gasteiger partial charge in [-0.25, -0.2) is 0 Å². The quantitative estimate of drug-likeness (QED) is 0.765. The maximum atomic E-state index is 13.1. The number of hydrogen-bond donors (Lipinski definition) is 0. The number of piperidine rings is 1. The summed E-state index contributed by atoms with van der Waals surface area (Å²) < 4.78 is 44.2. The van der Waals surface area contributed by atoms with E-state index in [9.17, 15) is 18.0 Å². The molecule has 1 amide bonds. The van der Waals surface area contributed by atoms with Crippen molar-refractivity contribution in [2.45, 2.75) is 31.9 Å². The van der Waals surface area contributed by atoms with E-state index in [1.165, 1.54) is 18.2 Å². The van der Waals surface area contributed by atoms with Crippen molar-refractivity contribution in [2.75, 3.05) is 26.8 Å². The lowest BCUT2D eigenvalue weighted by atomic mass is 9.92. The molecule has 1 saturated heterocycles. The van der Waals surface area contributed by atoms with E-state index in [1.54, 1.807) is 12.0 Å². The summed E-state index contributed by atoms with van der Waals surface area (Å²) in [4.78, 5) is 14.1. The Balaban J connectivity index is 2.08. The highest BCUT2D eigenvalue weighted by atomic mass is 19.4. The fourth-order valence-corrected chi connectivity index (χ4v) is 3.09. The Morgan fingerprint density at radius 3 is 2.78 bits per heavy atom. The van der Waals surface area contributed by atoms with Crippen molar-refractivity contribution in [1.29, 1.82) is 0 Å². The Bertz CT molecular complexity index is 531. The molecule has 1 aliphatic heterocycles. The lowest BCUT2D eigenvalue weighted by molar-refractivity contribution is -0.138. The van der Waals surface area contributed by atoms with Crippen molar-refractivity contribution in [3.8, 4) is 0 Å². The van der Waals surface area contributed by atoms with Gasteiger partial charge in [-0.2, -0.15) is 13.2 Å². The number of halogens is 3. The van der Waals surface area contributed by atoms with Gasteiger partial charge in [0.2, 0.25) is 0 Å². The molecule has 1 aliphatic rings. The van der Waals surface area contributed by atoms with Crippen molar-refractivity contribution in [2.24, 2.45) is 5.92 Å². The molecule has 1 fully saturated rings. The minimum atomic E-state index is -4.51. The summed E-state index contributed by atoms with van der Waals surface area (Å²) in [6, 6.07) is 5.01. The molecular weight excluding hydrogens is 307 g/mol. The number of methoxy groups -OCH3 is 1. The average Bonchev–Trinajstić information content (AvgIpc) is 2.54. The standard InChI is InChI=1S/C17H22F3NO2/c1-23-11-5-7-13-6-4-10-21(12-13)16(22)14-8-2-3-9-15(14)17(18,19)20/h2-3,8-9,13H,4-7,10-12H2,1H3/t13-/m0/s1. The lowest BCUT2D eigenvalue weighted by Crippen LogP contribution is -2.40. The van der Waals surface area contributed by atoms with Gasteiger partial charge in [0.05, 0.1) is 11.1 Å². The van der Waals surface area contributed by atoms with Crippen LogP contribution in [0, 0.1) is 5.92 Å². The summed E-state index contributed by atoms with van der Waals surface area (Å²) in [5.41, 5.74) is -1.11. The van der Waals surface area contributed by atoms with Gasteiger partial charge < -0.3 is 9.64 Å². The van der Waals surface area contributed by atoms with Gasteiger partial charge in [-0.1, -0.05) is 12.1 Å². The van der Waals surface area contributed by atoms with Crippen molar-refractivity contribution in [1.82, 2.24) is 4.90 Å². The molecule has 1 aromatic carbocycles. The van der Waals surface area contributed by atoms with Gasteiger partial charge in [-0.05, 0) is 43.7 Å². The number of benzene rings is 1. The minimum absolute atomic E-state index is 0.252. The highest BCUT2D eigenvalue weighted by molar-refractivity contribution is 5.96. The molecule has 2 rings (SSSR count). The fourth-order valence-electron chi connectivity index (χ4n) is 3.09. The van der Waals surface area contributed by atoms with Gasteiger partial charge in [0.25, 0.3) is 5.91 Å². The summed E-state index contributed by atoms with van der Waals surface area (Å²) >= 11 is 0. The van der Waals surface area contributed by atoms with Gasteiger partial charge >= 0.3 is 6.18 Å². The first-order chi connectivity index (χ1) is 10.9. The number of amides is 1. The molecule has 1 heterocycles. The third kappa shape index (κ3) is 4.70. The van der Waals surface area contributed by atoms with Gasteiger partial charge in [-0.15, -0.1) is 0 Å². The predicted molar refractivity (Wildman–Crippen MR) is 81.2 cm³/mol. The first-order valence-corrected chi connectivity index (χ1v) is 7.88. The van der Waals surface area contributed by atoms with Crippen LogP contribution in [-0.2, 0) is 10.9 Å². The zero-order valence-corrected chi connectivity index (χ0v) is 13.2. The average molecular weight is 329 g/mol. The third-order valence-electron chi connectivity index (χ3n) is 4.23. The molecule has 0 unspecified atom stereocenters. The van der Waals surface area contributed by atoms with Crippen LogP contribution in [0.5, 0.6) is 0 Å². The van der Waals surface area contributed by atoms with Crippen molar-refractivity contribution in [3.63, 3.8) is 0 Å². The van der Waals surface area contributed by atoms with Crippen LogP contribution in [0.2, 0.25) is 0 Å². The summed E-state index contributed by atoms with van der Waals surface area (Å²) in [5, 5.41) is 0. The number of carbonyl (C=O) groups excluding carboxylic acids is 1. The van der Waals surface area contributed by atoms with E-state index in [0.717, 1.165) is 31.7 Å². The highest BCUT2D eigenvalue weighted by Gasteiger charge is 2.36. The zero-order valence-electron chi connectivity index (χ0n) is 13.2. The molecular formula is C17H22F3NO2. The predicted octanol–water partition coefficient (Wildman–Crippen LogP) is 3.98. The topological polar surface area (TPSA) is 29.5 Å². The Hall–Kier alpha value is -1.56. The van der Waals surface area contributed by atoms with Crippen LogP contribution in [0.3, 0.4) is 0 Å². The van der Waals surface area contributed by atoms with E-state index in [-0.39, 0.29) is 5.56 Å². The monoisotopic (exact) mass is 329 g/mol. The molecule has 128 valence electrons. The largest absolute Gasteiger partial charge is 0.417 e. The Labute approximate surface area is 134 Å². The second-order valence-corrected chi connectivity index (χ2v) is 5.94. The van der Waals surface area contributed by atoms with Crippen LogP contribution >= 0.6 is 0 Å². The van der Waals surface area contributed by atoms with Crippen LogP contribution in [0.1, 0.15) is 41.6 Å². The second kappa shape index (κ2) is 7.81. The summed E-state index contributed by atoms with van der Waals surface area (Å²) in [5.74, 6) is -0.185. The third-order valence-corrected chi connectivity index (χ3v) is 4.23. The molecule has 23 heavy (non-hydrogen) atoms. The molecule has 1 atom stereocenters. The van der Waals surface area contributed by atoms with Crippen molar-refractivity contribution < 1.29 is 22.7 Å². The maximum absolute atomic E-state index is 13.1. The number of alkyl halides is 3. The fraction of sp³-hybridized carbons (Fsp3) is 0.588. The number of likely N-dealkylation sites (tertiary alicyclic amines) is 1. The molecule has 0 N–H and O–H groups in total. The Morgan fingerprint density at radius 1 is 1.35 bits per heavy atom. The molecule has 0 spiro atoms. The van der Waals surface area contributed by atoms with E-state index < -0.39 is 17.6 Å². The molecule has 0 aliphatic carbocycles. The van der Waals surface area contributed by atoms with Gasteiger partial charge in [-0.3, -0.25) is 4.79 Å². The Kier molecular flexibility index (Phi) is 6.04. The molecule has 0 saturated carbocycles. The second-order valence-electron chi connectivity index (χ2n) is 5.94. The van der Waals surface area contributed by atoms with Gasteiger partial charge in [0.15, 0.2) is 0 Å². The Morgan fingerprint density at radius 2 is 2.09 bits per heavy atom. The van der Waals surface area contributed by atoms with Gasteiger partial charge in [0.1, 0.15) is 0 Å². The first-order valence-electron chi connectivity index (χ1n) is 7.88. The van der Waals surface area contributed by atoms with Crippen LogP contribution in [0.15, 0.2) is 24.3 Å². The number of hydrogen-bond acceptors (Lipinski definition) is 2.